The zero-order valence-electron chi connectivity index (χ0n) is 19.2. The molecule has 13 heteroatoms. The molecule has 1 aromatic heterocycles. The zero-order chi connectivity index (χ0) is 25.7. The minimum Gasteiger partial charge on any atom is -0.474 e. The van der Waals surface area contributed by atoms with E-state index in [9.17, 15) is 26.9 Å². The summed E-state index contributed by atoms with van der Waals surface area (Å²) in [6, 6.07) is 4.76. The lowest BCUT2D eigenvalue weighted by atomic mass is 10.0. The van der Waals surface area contributed by atoms with E-state index in [1.165, 1.54) is 12.4 Å². The lowest BCUT2D eigenvalue weighted by Crippen LogP contribution is -2.50. The third-order valence-corrected chi connectivity index (χ3v) is 9.14. The van der Waals surface area contributed by atoms with Gasteiger partial charge in [-0.05, 0) is 44.7 Å². The van der Waals surface area contributed by atoms with Gasteiger partial charge >= 0.3 is 6.36 Å². The van der Waals surface area contributed by atoms with Crippen LogP contribution in [0.4, 0.5) is 13.2 Å². The molecule has 192 valence electrons. The van der Waals surface area contributed by atoms with Gasteiger partial charge in [0.05, 0.1) is 16.4 Å². The molecule has 2 aliphatic heterocycles. The number of halogens is 3. The summed E-state index contributed by atoms with van der Waals surface area (Å²) >= 11 is 0. The molecule has 3 heterocycles. The SMILES string of the molecule is Cc1c(Oc2ccc(OC(F)(F)F)cc2C#N)ncnc1OC1CC2CCC(C1)N2S(=O)(=O)C1CC1. The van der Waals surface area contributed by atoms with E-state index in [1.807, 2.05) is 0 Å². The van der Waals surface area contributed by atoms with Crippen molar-refractivity contribution in [2.24, 2.45) is 0 Å². The van der Waals surface area contributed by atoms with Gasteiger partial charge < -0.3 is 14.2 Å². The summed E-state index contributed by atoms with van der Waals surface area (Å²) in [6.07, 6.45) is 0.288. The van der Waals surface area contributed by atoms with Crippen molar-refractivity contribution >= 4 is 10.0 Å². The molecular formula is C23H23F3N4O5S. The van der Waals surface area contributed by atoms with E-state index in [-0.39, 0.29) is 46.5 Å². The van der Waals surface area contributed by atoms with E-state index in [0.717, 1.165) is 37.8 Å². The third-order valence-electron chi connectivity index (χ3n) is 6.64. The quantitative estimate of drug-likeness (QED) is 0.529. The van der Waals surface area contributed by atoms with Crippen LogP contribution in [0.1, 0.15) is 49.7 Å². The van der Waals surface area contributed by atoms with Crippen LogP contribution in [0.15, 0.2) is 24.5 Å². The maximum Gasteiger partial charge on any atom is 0.573 e. The summed E-state index contributed by atoms with van der Waals surface area (Å²) in [4.78, 5) is 8.27. The average molecular weight is 525 g/mol. The summed E-state index contributed by atoms with van der Waals surface area (Å²) in [5, 5.41) is 9.12. The van der Waals surface area contributed by atoms with Crippen molar-refractivity contribution in [2.45, 2.75) is 75.2 Å². The molecule has 5 rings (SSSR count). The molecule has 2 saturated heterocycles. The van der Waals surface area contributed by atoms with Gasteiger partial charge in [-0.1, -0.05) is 0 Å². The van der Waals surface area contributed by atoms with Gasteiger partial charge in [0, 0.05) is 31.0 Å². The van der Waals surface area contributed by atoms with Crippen LogP contribution in [-0.2, 0) is 10.0 Å². The number of sulfonamides is 1. The predicted molar refractivity (Wildman–Crippen MR) is 119 cm³/mol. The first kappa shape index (κ1) is 24.6. The second-order valence-electron chi connectivity index (χ2n) is 9.20. The maximum absolute atomic E-state index is 12.8. The standard InChI is InChI=1S/C23H23F3N4O5S/c1-13-21(33-18-9-15-2-3-16(10-18)30(15)36(31,32)19-5-6-19)28-12-29-22(13)34-20-7-4-17(8-14(20)11-27)35-23(24,25)26/h4,7-8,12,15-16,18-19H,2-3,5-6,9-10H2,1H3. The van der Waals surface area contributed by atoms with E-state index >= 15 is 0 Å². The van der Waals surface area contributed by atoms with Gasteiger partial charge in [-0.3, -0.25) is 0 Å². The molecule has 2 unspecified atom stereocenters. The Hall–Kier alpha value is -3.11. The molecule has 1 saturated carbocycles. The normalized spacial score (nSPS) is 24.2. The topological polar surface area (TPSA) is 115 Å². The number of alkyl halides is 3. The van der Waals surface area contributed by atoms with Gasteiger partial charge in [0.2, 0.25) is 21.8 Å². The van der Waals surface area contributed by atoms with Crippen molar-refractivity contribution < 1.29 is 35.8 Å². The van der Waals surface area contributed by atoms with E-state index < -0.39 is 22.1 Å². The fourth-order valence-corrected chi connectivity index (χ4v) is 7.21. The number of fused-ring (bicyclic) bond motifs is 2. The van der Waals surface area contributed by atoms with Crippen molar-refractivity contribution in [2.75, 3.05) is 0 Å². The molecule has 1 aromatic carbocycles. The minimum absolute atomic E-state index is 0.00332. The molecule has 2 aromatic rings. The van der Waals surface area contributed by atoms with Gasteiger partial charge in [-0.25, -0.2) is 18.4 Å². The Morgan fingerprint density at radius 1 is 1.08 bits per heavy atom. The second-order valence-corrected chi connectivity index (χ2v) is 11.3. The Bertz CT molecular complexity index is 1300. The zero-order valence-corrected chi connectivity index (χ0v) is 20.1. The number of piperidine rings is 1. The Morgan fingerprint density at radius 2 is 1.75 bits per heavy atom. The third kappa shape index (κ3) is 4.92. The molecule has 0 spiro atoms. The van der Waals surface area contributed by atoms with Gasteiger partial charge in [0.25, 0.3) is 0 Å². The van der Waals surface area contributed by atoms with Crippen LogP contribution in [-0.4, -0.2) is 52.5 Å². The first-order chi connectivity index (χ1) is 17.0. The highest BCUT2D eigenvalue weighted by Gasteiger charge is 2.52. The highest BCUT2D eigenvalue weighted by molar-refractivity contribution is 7.90. The van der Waals surface area contributed by atoms with Crippen LogP contribution in [0.25, 0.3) is 0 Å². The minimum atomic E-state index is -4.89. The molecule has 9 nitrogen and oxygen atoms in total. The van der Waals surface area contributed by atoms with Crippen LogP contribution < -0.4 is 14.2 Å². The molecule has 3 aliphatic rings. The number of aromatic nitrogens is 2. The lowest BCUT2D eigenvalue weighted by molar-refractivity contribution is -0.274. The van der Waals surface area contributed by atoms with E-state index in [0.29, 0.717) is 18.4 Å². The molecule has 0 radical (unpaired) electrons. The number of benzene rings is 1. The molecule has 2 bridgehead atoms. The summed E-state index contributed by atoms with van der Waals surface area (Å²) in [6.45, 7) is 1.67. The van der Waals surface area contributed by atoms with Crippen LogP contribution in [0.5, 0.6) is 23.3 Å². The van der Waals surface area contributed by atoms with E-state index in [1.54, 1.807) is 17.3 Å². The average Bonchev–Trinajstić information content (AvgIpc) is 3.62. The summed E-state index contributed by atoms with van der Waals surface area (Å²) in [5.74, 6) is -0.202. The van der Waals surface area contributed by atoms with E-state index in [4.69, 9.17) is 9.47 Å². The largest absolute Gasteiger partial charge is 0.573 e. The summed E-state index contributed by atoms with van der Waals surface area (Å²) in [7, 11) is -3.26. The number of hydrogen-bond acceptors (Lipinski definition) is 8. The Balaban J connectivity index is 1.30. The van der Waals surface area contributed by atoms with Crippen molar-refractivity contribution in [3.8, 4) is 29.3 Å². The number of nitrogens with zero attached hydrogens (tertiary/aromatic N) is 4. The Morgan fingerprint density at radius 3 is 2.36 bits per heavy atom. The Kier molecular flexibility index (Phi) is 6.20. The summed E-state index contributed by atoms with van der Waals surface area (Å²) < 4.78 is 80.6. The van der Waals surface area contributed by atoms with Crippen molar-refractivity contribution in [3.05, 3.63) is 35.7 Å². The van der Waals surface area contributed by atoms with Crippen molar-refractivity contribution in [1.82, 2.24) is 14.3 Å². The van der Waals surface area contributed by atoms with Crippen molar-refractivity contribution in [3.63, 3.8) is 0 Å². The number of rotatable bonds is 7. The second kappa shape index (κ2) is 9.08. The molecule has 0 N–H and O–H groups in total. The van der Waals surface area contributed by atoms with Gasteiger partial charge in [0.1, 0.15) is 30.0 Å². The first-order valence-corrected chi connectivity index (χ1v) is 13.0. The summed E-state index contributed by atoms with van der Waals surface area (Å²) in [5.41, 5.74) is 0.274. The maximum atomic E-state index is 12.8. The molecular weight excluding hydrogens is 501 g/mol. The van der Waals surface area contributed by atoms with Crippen LogP contribution in [0, 0.1) is 18.3 Å². The molecule has 1 aliphatic carbocycles. The van der Waals surface area contributed by atoms with Crippen LogP contribution in [0.3, 0.4) is 0 Å². The fourth-order valence-electron chi connectivity index (χ4n) is 4.92. The fraction of sp³-hybridized carbons (Fsp3) is 0.522. The lowest BCUT2D eigenvalue weighted by Gasteiger charge is -2.37. The van der Waals surface area contributed by atoms with Gasteiger partial charge in [-0.15, -0.1) is 13.2 Å². The monoisotopic (exact) mass is 524 g/mol. The number of hydrogen-bond donors (Lipinski definition) is 0. The molecule has 36 heavy (non-hydrogen) atoms. The predicted octanol–water partition coefficient (Wildman–Crippen LogP) is 4.21. The molecule has 0 amide bonds. The number of nitriles is 1. The van der Waals surface area contributed by atoms with E-state index in [2.05, 4.69) is 14.7 Å². The van der Waals surface area contributed by atoms with Gasteiger partial charge in [0.15, 0.2) is 0 Å². The first-order valence-electron chi connectivity index (χ1n) is 11.5. The molecule has 2 atom stereocenters. The van der Waals surface area contributed by atoms with Gasteiger partial charge in [-0.2, -0.15) is 9.57 Å². The number of ether oxygens (including phenoxy) is 3. The van der Waals surface area contributed by atoms with Crippen LogP contribution >= 0.6 is 0 Å². The molecule has 3 fully saturated rings. The highest BCUT2D eigenvalue weighted by atomic mass is 32.2. The Labute approximate surface area is 205 Å². The van der Waals surface area contributed by atoms with Crippen LogP contribution in [0.2, 0.25) is 0 Å². The smallest absolute Gasteiger partial charge is 0.474 e. The van der Waals surface area contributed by atoms with Crippen molar-refractivity contribution in [1.29, 1.82) is 5.26 Å². The highest BCUT2D eigenvalue weighted by Crippen LogP contribution is 2.44.